The molecule has 0 aliphatic carbocycles. The zero-order valence-electron chi connectivity index (χ0n) is 11.6. The summed E-state index contributed by atoms with van der Waals surface area (Å²) in [6, 6.07) is 4.84. The summed E-state index contributed by atoms with van der Waals surface area (Å²) in [6.45, 7) is 4.04. The second kappa shape index (κ2) is 5.16. The molecule has 108 valence electrons. The molecule has 0 radical (unpaired) electrons. The van der Waals surface area contributed by atoms with Crippen molar-refractivity contribution in [1.82, 2.24) is 4.98 Å². The molecule has 20 heavy (non-hydrogen) atoms. The third-order valence-corrected chi connectivity index (χ3v) is 4.12. The third kappa shape index (κ3) is 2.93. The Morgan fingerprint density at radius 2 is 2.05 bits per heavy atom. The van der Waals surface area contributed by atoms with Crippen LogP contribution >= 0.6 is 0 Å². The van der Waals surface area contributed by atoms with Crippen molar-refractivity contribution in [1.29, 1.82) is 0 Å². The summed E-state index contributed by atoms with van der Waals surface area (Å²) in [5.41, 5.74) is 7.46. The fourth-order valence-electron chi connectivity index (χ4n) is 1.81. The Bertz CT molecular complexity index is 716. The quantitative estimate of drug-likeness (QED) is 0.836. The van der Waals surface area contributed by atoms with Gasteiger partial charge in [-0.25, -0.2) is 13.4 Å². The number of rotatable bonds is 4. The molecule has 2 aromatic rings. The van der Waals surface area contributed by atoms with Gasteiger partial charge in [0.2, 0.25) is 5.89 Å². The van der Waals surface area contributed by atoms with Crippen LogP contribution in [0.1, 0.15) is 17.3 Å². The number of nitrogens with zero attached hydrogens (tertiary/aromatic N) is 1. The molecule has 1 aromatic carbocycles. The van der Waals surface area contributed by atoms with E-state index in [9.17, 15) is 8.42 Å². The van der Waals surface area contributed by atoms with E-state index in [0.29, 0.717) is 18.1 Å². The van der Waals surface area contributed by atoms with Gasteiger partial charge in [0, 0.05) is 6.26 Å². The van der Waals surface area contributed by atoms with Gasteiger partial charge in [-0.3, -0.25) is 0 Å². The lowest BCUT2D eigenvalue weighted by Crippen LogP contribution is -2.07. The van der Waals surface area contributed by atoms with E-state index >= 15 is 0 Å². The molecular weight excluding hydrogens is 278 g/mol. The molecule has 2 rings (SSSR count). The van der Waals surface area contributed by atoms with Gasteiger partial charge in [0.05, 0.1) is 28.5 Å². The van der Waals surface area contributed by atoms with E-state index in [-0.39, 0.29) is 10.6 Å². The Labute approximate surface area is 117 Å². The van der Waals surface area contributed by atoms with Gasteiger partial charge in [0.15, 0.2) is 9.84 Å². The molecule has 0 bridgehead atoms. The zero-order valence-corrected chi connectivity index (χ0v) is 12.4. The van der Waals surface area contributed by atoms with Crippen LogP contribution in [0.4, 0.5) is 11.4 Å². The minimum atomic E-state index is -3.35. The maximum atomic E-state index is 11.6. The second-order valence-electron chi connectivity index (χ2n) is 4.59. The van der Waals surface area contributed by atoms with Crippen LogP contribution in [0.15, 0.2) is 27.5 Å². The van der Waals surface area contributed by atoms with Gasteiger partial charge >= 0.3 is 0 Å². The van der Waals surface area contributed by atoms with Crippen molar-refractivity contribution >= 4 is 21.2 Å². The van der Waals surface area contributed by atoms with Gasteiger partial charge in [0.1, 0.15) is 5.76 Å². The lowest BCUT2D eigenvalue weighted by atomic mass is 10.2. The van der Waals surface area contributed by atoms with E-state index in [4.69, 9.17) is 10.2 Å². The van der Waals surface area contributed by atoms with E-state index in [1.165, 1.54) is 6.07 Å². The number of benzene rings is 1. The van der Waals surface area contributed by atoms with Gasteiger partial charge in [-0.2, -0.15) is 0 Å². The van der Waals surface area contributed by atoms with Gasteiger partial charge in [-0.05, 0) is 26.0 Å². The summed E-state index contributed by atoms with van der Waals surface area (Å²) in [5.74, 6) is 1.30. The fourth-order valence-corrected chi connectivity index (χ4v) is 2.64. The van der Waals surface area contributed by atoms with Crippen molar-refractivity contribution in [2.45, 2.75) is 25.3 Å². The van der Waals surface area contributed by atoms with Crippen LogP contribution in [0.25, 0.3) is 0 Å². The monoisotopic (exact) mass is 295 g/mol. The molecule has 1 aromatic heterocycles. The molecular formula is C13H17N3O3S. The highest BCUT2D eigenvalue weighted by atomic mass is 32.2. The normalized spacial score (nSPS) is 11.6. The smallest absolute Gasteiger partial charge is 0.213 e. The Balaban J connectivity index is 2.22. The minimum absolute atomic E-state index is 0.113. The van der Waals surface area contributed by atoms with Crippen molar-refractivity contribution in [3.63, 3.8) is 0 Å². The predicted octanol–water partition coefficient (Wildman–Crippen LogP) is 1.89. The van der Waals surface area contributed by atoms with Gasteiger partial charge in [-0.15, -0.1) is 0 Å². The number of aromatic nitrogens is 1. The summed E-state index contributed by atoms with van der Waals surface area (Å²) < 4.78 is 28.6. The van der Waals surface area contributed by atoms with E-state index in [0.717, 1.165) is 17.7 Å². The van der Waals surface area contributed by atoms with Crippen LogP contribution in [-0.2, 0) is 16.4 Å². The SMILES string of the molecule is Cc1nc(CNc2cccc(S(C)(=O)=O)c2N)oc1C. The van der Waals surface area contributed by atoms with Gasteiger partial charge < -0.3 is 15.5 Å². The summed E-state index contributed by atoms with van der Waals surface area (Å²) in [6.07, 6.45) is 1.13. The van der Waals surface area contributed by atoms with Crippen molar-refractivity contribution < 1.29 is 12.8 Å². The van der Waals surface area contributed by atoms with Crippen molar-refractivity contribution in [2.75, 3.05) is 17.3 Å². The topological polar surface area (TPSA) is 98.2 Å². The van der Waals surface area contributed by atoms with Crippen molar-refractivity contribution in [3.05, 3.63) is 35.5 Å². The van der Waals surface area contributed by atoms with E-state index in [2.05, 4.69) is 10.3 Å². The van der Waals surface area contributed by atoms with Crippen molar-refractivity contribution in [2.24, 2.45) is 0 Å². The van der Waals surface area contributed by atoms with E-state index < -0.39 is 9.84 Å². The predicted molar refractivity (Wildman–Crippen MR) is 77.3 cm³/mol. The third-order valence-electron chi connectivity index (χ3n) is 2.97. The molecule has 6 nitrogen and oxygen atoms in total. The average Bonchev–Trinajstić information content (AvgIpc) is 2.66. The zero-order chi connectivity index (χ0) is 14.9. The lowest BCUT2D eigenvalue weighted by Gasteiger charge is -2.10. The first-order valence-electron chi connectivity index (χ1n) is 6.04. The molecule has 0 aliphatic rings. The van der Waals surface area contributed by atoms with E-state index in [1.54, 1.807) is 12.1 Å². The first-order valence-corrected chi connectivity index (χ1v) is 7.93. The van der Waals surface area contributed by atoms with Crippen LogP contribution in [0.3, 0.4) is 0 Å². The van der Waals surface area contributed by atoms with Crippen LogP contribution in [0, 0.1) is 13.8 Å². The summed E-state index contributed by atoms with van der Waals surface area (Å²) in [5, 5.41) is 3.04. The summed E-state index contributed by atoms with van der Waals surface area (Å²) >= 11 is 0. The number of anilines is 2. The number of sulfone groups is 1. The number of aryl methyl sites for hydroxylation is 2. The first-order chi connectivity index (χ1) is 9.29. The first kappa shape index (κ1) is 14.4. The molecule has 3 N–H and O–H groups in total. The molecule has 0 atom stereocenters. The van der Waals surface area contributed by atoms with Crippen LogP contribution in [0.2, 0.25) is 0 Å². The van der Waals surface area contributed by atoms with Crippen LogP contribution < -0.4 is 11.1 Å². The van der Waals surface area contributed by atoms with E-state index in [1.807, 2.05) is 13.8 Å². The number of nitrogens with two attached hydrogens (primary N) is 1. The molecule has 0 saturated carbocycles. The number of hydrogen-bond acceptors (Lipinski definition) is 6. The van der Waals surface area contributed by atoms with Gasteiger partial charge in [-0.1, -0.05) is 6.07 Å². The molecule has 0 aliphatic heterocycles. The highest BCUT2D eigenvalue weighted by Gasteiger charge is 2.14. The highest BCUT2D eigenvalue weighted by Crippen LogP contribution is 2.27. The van der Waals surface area contributed by atoms with Crippen LogP contribution in [-0.4, -0.2) is 19.7 Å². The fraction of sp³-hybridized carbons (Fsp3) is 0.308. The van der Waals surface area contributed by atoms with Crippen molar-refractivity contribution in [3.8, 4) is 0 Å². The highest BCUT2D eigenvalue weighted by molar-refractivity contribution is 7.90. The number of oxazole rings is 1. The Kier molecular flexibility index (Phi) is 3.71. The number of nitrogen functional groups attached to an aromatic ring is 1. The minimum Gasteiger partial charge on any atom is -0.444 e. The van der Waals surface area contributed by atoms with Crippen LogP contribution in [0.5, 0.6) is 0 Å². The lowest BCUT2D eigenvalue weighted by molar-refractivity contribution is 0.478. The maximum Gasteiger partial charge on any atom is 0.213 e. The van der Waals surface area contributed by atoms with Gasteiger partial charge in [0.25, 0.3) is 0 Å². The molecule has 1 heterocycles. The summed E-state index contributed by atoms with van der Waals surface area (Å²) in [4.78, 5) is 4.35. The Morgan fingerprint density at radius 3 is 2.60 bits per heavy atom. The standard InChI is InChI=1S/C13H17N3O3S/c1-8-9(2)19-12(16-8)7-15-10-5-4-6-11(13(10)14)20(3,17)18/h4-6,15H,7,14H2,1-3H3. The second-order valence-corrected chi connectivity index (χ2v) is 6.58. The molecule has 7 heteroatoms. The Hall–Kier alpha value is -2.02. The maximum absolute atomic E-state index is 11.6. The summed E-state index contributed by atoms with van der Waals surface area (Å²) in [7, 11) is -3.35. The molecule has 0 amide bonds. The molecule has 0 fully saturated rings. The largest absolute Gasteiger partial charge is 0.444 e. The number of hydrogen-bond donors (Lipinski definition) is 2. The number of para-hydroxylation sites is 1. The Morgan fingerprint density at radius 1 is 1.35 bits per heavy atom. The molecule has 0 saturated heterocycles. The molecule has 0 unspecified atom stereocenters. The average molecular weight is 295 g/mol. The molecule has 0 spiro atoms. The number of nitrogens with one attached hydrogen (secondary N) is 1.